The quantitative estimate of drug-likeness (QED) is 0.264. The van der Waals surface area contributed by atoms with Gasteiger partial charge in [0.05, 0.1) is 12.2 Å². The number of halogens is 1. The number of anilines is 1. The zero-order valence-electron chi connectivity index (χ0n) is 24.6. The smallest absolute Gasteiger partial charge is 0.238 e. The average Bonchev–Trinajstić information content (AvgIpc) is 3.81. The van der Waals surface area contributed by atoms with Crippen molar-refractivity contribution < 1.29 is 9.59 Å². The number of allylic oxidation sites excluding steroid dienone is 1. The number of ketones is 1. The summed E-state index contributed by atoms with van der Waals surface area (Å²) in [6.07, 6.45) is 11.9. The summed E-state index contributed by atoms with van der Waals surface area (Å²) in [6, 6.07) is 23.2. The van der Waals surface area contributed by atoms with Crippen LogP contribution in [0.15, 0.2) is 78.9 Å². The Morgan fingerprint density at radius 3 is 2.48 bits per heavy atom. The van der Waals surface area contributed by atoms with E-state index in [1.807, 2.05) is 18.2 Å². The van der Waals surface area contributed by atoms with Gasteiger partial charge in [0.25, 0.3) is 0 Å². The third-order valence-corrected chi connectivity index (χ3v) is 9.76. The number of rotatable bonds is 5. The number of hydrogen-bond donors (Lipinski definition) is 1. The Balaban J connectivity index is 1.15. The molecule has 0 saturated heterocycles. The first-order valence-electron chi connectivity index (χ1n) is 15.5. The molecule has 3 aliphatic carbocycles. The van der Waals surface area contributed by atoms with Gasteiger partial charge in [0, 0.05) is 29.2 Å². The summed E-state index contributed by atoms with van der Waals surface area (Å²) in [6.45, 7) is 3.80. The molecule has 3 unspecified atom stereocenters. The highest BCUT2D eigenvalue weighted by Crippen LogP contribution is 2.43. The lowest BCUT2D eigenvalue weighted by Gasteiger charge is -2.23. The van der Waals surface area contributed by atoms with Crippen molar-refractivity contribution >= 4 is 47.2 Å². The minimum atomic E-state index is -0.177. The number of carbonyl (C=O) groups is 2. The predicted octanol–water partition coefficient (Wildman–Crippen LogP) is 6.61. The van der Waals surface area contributed by atoms with Crippen LogP contribution in [0.2, 0.25) is 5.02 Å². The van der Waals surface area contributed by atoms with Gasteiger partial charge in [-0.05, 0) is 92.6 Å². The van der Waals surface area contributed by atoms with Crippen molar-refractivity contribution in [3.05, 3.63) is 128 Å². The minimum Gasteiger partial charge on any atom is -0.324 e. The molecule has 0 spiro atoms. The van der Waals surface area contributed by atoms with E-state index in [-0.39, 0.29) is 18.2 Å². The molecule has 8 rings (SSSR count). The summed E-state index contributed by atoms with van der Waals surface area (Å²) in [4.78, 5) is 29.2. The zero-order chi connectivity index (χ0) is 29.9. The second-order valence-electron chi connectivity index (χ2n) is 12.8. The van der Waals surface area contributed by atoms with Crippen LogP contribution in [0.4, 0.5) is 5.69 Å². The second kappa shape index (κ2) is 10.7. The fraction of sp³-hybridized carbons (Fsp3) is 0.231. The highest BCUT2D eigenvalue weighted by atomic mass is 35.5. The Bertz CT molecular complexity index is 2010. The van der Waals surface area contributed by atoms with E-state index in [4.69, 9.17) is 11.6 Å². The van der Waals surface area contributed by atoms with Crippen LogP contribution in [0.5, 0.6) is 0 Å². The molecule has 1 N–H and O–H groups in total. The summed E-state index contributed by atoms with van der Waals surface area (Å²) in [5.41, 5.74) is 9.31. The molecule has 1 amide bonds. The molecule has 1 heterocycles. The number of hydrogen-bond acceptors (Lipinski definition) is 3. The maximum absolute atomic E-state index is 13.6. The van der Waals surface area contributed by atoms with E-state index in [1.54, 1.807) is 30.3 Å². The van der Waals surface area contributed by atoms with Gasteiger partial charge in [-0.25, -0.2) is 0 Å². The molecule has 3 atom stereocenters. The molecule has 44 heavy (non-hydrogen) atoms. The summed E-state index contributed by atoms with van der Waals surface area (Å²) >= 11 is 6.29. The van der Waals surface area contributed by atoms with Gasteiger partial charge in [0.1, 0.15) is 0 Å². The van der Waals surface area contributed by atoms with E-state index in [2.05, 4.69) is 65.7 Å². The molecule has 4 aliphatic rings. The Morgan fingerprint density at radius 2 is 1.64 bits per heavy atom. The largest absolute Gasteiger partial charge is 0.324 e. The molecule has 1 saturated carbocycles. The average molecular weight is 597 g/mol. The standard InChI is InChI=1S/C39H33ClN2O2/c1-23-7-13-32-25(15-23)8-10-27-20-42(21-28-11-9-26-16-29-17-30(29)18-33(26)38(28)37(27)32)22-36(43)41-35-14-12-31(40)19-34(35)39(44)24-5-3-2-4-6-24/h2-14,16,18-19,23,29-30H,15,17,20-22H2,1H3,(H,41,43). The van der Waals surface area contributed by atoms with Crippen molar-refractivity contribution in [3.63, 3.8) is 0 Å². The first-order chi connectivity index (χ1) is 21.4. The number of fused-ring (bicyclic) bond motifs is 8. The third kappa shape index (κ3) is 4.92. The zero-order valence-corrected chi connectivity index (χ0v) is 25.4. The number of amides is 1. The summed E-state index contributed by atoms with van der Waals surface area (Å²) < 4.78 is 0. The Morgan fingerprint density at radius 1 is 0.886 bits per heavy atom. The van der Waals surface area contributed by atoms with Crippen molar-refractivity contribution in [1.29, 1.82) is 0 Å². The van der Waals surface area contributed by atoms with E-state index >= 15 is 0 Å². The van der Waals surface area contributed by atoms with E-state index < -0.39 is 0 Å². The monoisotopic (exact) mass is 596 g/mol. The molecule has 4 aromatic carbocycles. The lowest BCUT2D eigenvalue weighted by molar-refractivity contribution is -0.117. The number of carbonyl (C=O) groups excluding carboxylic acids is 2. The molecule has 0 bridgehead atoms. The van der Waals surface area contributed by atoms with Crippen LogP contribution in [0.25, 0.3) is 29.4 Å². The molecular formula is C39H33ClN2O2. The van der Waals surface area contributed by atoms with Gasteiger partial charge < -0.3 is 5.32 Å². The normalized spacial score (nSPS) is 20.8. The third-order valence-electron chi connectivity index (χ3n) is 9.53. The molecule has 0 radical (unpaired) electrons. The fourth-order valence-electron chi connectivity index (χ4n) is 7.28. The maximum atomic E-state index is 13.6. The maximum Gasteiger partial charge on any atom is 0.238 e. The fourth-order valence-corrected chi connectivity index (χ4v) is 7.45. The van der Waals surface area contributed by atoms with Crippen LogP contribution in [-0.2, 0) is 24.3 Å². The van der Waals surface area contributed by atoms with Crippen molar-refractivity contribution in [2.75, 3.05) is 11.9 Å². The molecule has 218 valence electrons. The van der Waals surface area contributed by atoms with Crippen LogP contribution < -0.4 is 15.8 Å². The first-order valence-corrected chi connectivity index (χ1v) is 15.9. The van der Waals surface area contributed by atoms with Crippen LogP contribution in [-0.4, -0.2) is 23.1 Å². The second-order valence-corrected chi connectivity index (χ2v) is 13.2. The molecule has 4 aromatic rings. The highest BCUT2D eigenvalue weighted by molar-refractivity contribution is 6.31. The Labute approximate surface area is 262 Å². The predicted molar refractivity (Wildman–Crippen MR) is 178 cm³/mol. The first kappa shape index (κ1) is 27.3. The van der Waals surface area contributed by atoms with E-state index in [0.29, 0.717) is 52.7 Å². The number of benzene rings is 4. The van der Waals surface area contributed by atoms with Crippen molar-refractivity contribution in [1.82, 2.24) is 4.90 Å². The molecule has 5 heteroatoms. The molecule has 1 aliphatic heterocycles. The summed E-state index contributed by atoms with van der Waals surface area (Å²) in [5, 5.41) is 6.18. The van der Waals surface area contributed by atoms with Gasteiger partial charge in [-0.15, -0.1) is 0 Å². The summed E-state index contributed by atoms with van der Waals surface area (Å²) in [5.74, 6) is 1.51. The van der Waals surface area contributed by atoms with Gasteiger partial charge in [-0.2, -0.15) is 0 Å². The van der Waals surface area contributed by atoms with Crippen molar-refractivity contribution in [2.45, 2.75) is 32.9 Å². The molecule has 1 fully saturated rings. The van der Waals surface area contributed by atoms with E-state index in [9.17, 15) is 9.59 Å². The Hall–Kier alpha value is -4.25. The van der Waals surface area contributed by atoms with E-state index in [1.165, 1.54) is 50.2 Å². The molecule has 0 aromatic heterocycles. The van der Waals surface area contributed by atoms with Crippen LogP contribution >= 0.6 is 11.6 Å². The molecular weight excluding hydrogens is 564 g/mol. The van der Waals surface area contributed by atoms with Crippen LogP contribution in [0, 0.1) is 17.8 Å². The van der Waals surface area contributed by atoms with Crippen molar-refractivity contribution in [3.8, 4) is 11.1 Å². The Kier molecular flexibility index (Phi) is 6.66. The summed E-state index contributed by atoms with van der Waals surface area (Å²) in [7, 11) is 0. The van der Waals surface area contributed by atoms with E-state index in [0.717, 1.165) is 6.42 Å². The van der Waals surface area contributed by atoms with Crippen LogP contribution in [0.1, 0.15) is 51.5 Å². The number of nitrogens with one attached hydrogen (secondary N) is 1. The lowest BCUT2D eigenvalue weighted by atomic mass is 9.82. The van der Waals surface area contributed by atoms with Crippen molar-refractivity contribution in [2.24, 2.45) is 17.8 Å². The van der Waals surface area contributed by atoms with Gasteiger partial charge in [0.2, 0.25) is 5.91 Å². The van der Waals surface area contributed by atoms with Gasteiger partial charge in [-0.1, -0.05) is 97.4 Å². The van der Waals surface area contributed by atoms with Gasteiger partial charge >= 0.3 is 0 Å². The minimum absolute atomic E-state index is 0.162. The topological polar surface area (TPSA) is 49.4 Å². The SMILES string of the molecule is CC1C=Cc2c(ccc3c2-c2c(ccc4c2=CC2CC2C=4)CN(CC(=O)Nc2ccc(Cl)cc2C(=O)c2ccccc2)C3)C1. The lowest BCUT2D eigenvalue weighted by Crippen LogP contribution is -2.33. The van der Waals surface area contributed by atoms with Crippen LogP contribution in [0.3, 0.4) is 0 Å². The van der Waals surface area contributed by atoms with Gasteiger partial charge in [-0.3, -0.25) is 14.5 Å². The highest BCUT2D eigenvalue weighted by Gasteiger charge is 2.36. The molecule has 4 nitrogen and oxygen atoms in total. The number of nitrogens with zero attached hydrogens (tertiary/aromatic N) is 1. The van der Waals surface area contributed by atoms with Gasteiger partial charge in [0.15, 0.2) is 5.78 Å².